The number of nitrogens with one attached hydrogen (secondary N) is 2. The minimum absolute atomic E-state index is 0.133. The zero-order chi connectivity index (χ0) is 19.3. The number of quaternary nitrogens is 1. The van der Waals surface area contributed by atoms with Crippen molar-refractivity contribution < 1.29 is 19.3 Å². The Hall–Kier alpha value is -2.41. The summed E-state index contributed by atoms with van der Waals surface area (Å²) in [4.78, 5) is 38.8. The van der Waals surface area contributed by atoms with Gasteiger partial charge in [0.2, 0.25) is 5.91 Å². The van der Waals surface area contributed by atoms with Crippen molar-refractivity contribution in [2.45, 2.75) is 39.2 Å². The quantitative estimate of drug-likeness (QED) is 0.644. The average molecular weight is 361 g/mol. The first-order valence-electron chi connectivity index (χ1n) is 9.05. The number of benzene rings is 1. The molecule has 1 heterocycles. The lowest BCUT2D eigenvalue weighted by molar-refractivity contribution is -0.862. The van der Waals surface area contributed by atoms with Gasteiger partial charge in [0.25, 0.3) is 11.8 Å². The molecule has 1 unspecified atom stereocenters. The largest absolute Gasteiger partial charge is 0.368 e. The highest BCUT2D eigenvalue weighted by Crippen LogP contribution is 2.19. The highest BCUT2D eigenvalue weighted by atomic mass is 16.2. The van der Waals surface area contributed by atoms with E-state index in [9.17, 15) is 14.4 Å². The van der Waals surface area contributed by atoms with Gasteiger partial charge < -0.3 is 20.9 Å². The Kier molecular flexibility index (Phi) is 6.74. The number of hydrogen-bond donors (Lipinski definition) is 3. The third kappa shape index (κ3) is 5.05. The van der Waals surface area contributed by atoms with E-state index in [1.54, 1.807) is 11.9 Å². The van der Waals surface area contributed by atoms with Crippen molar-refractivity contribution >= 4 is 23.4 Å². The molecule has 1 saturated heterocycles. The molecule has 0 spiro atoms. The molecule has 0 bridgehead atoms. The van der Waals surface area contributed by atoms with E-state index in [0.717, 1.165) is 34.6 Å². The molecule has 2 rings (SSSR count). The number of para-hydroxylation sites is 1. The number of carbonyl (C=O) groups excluding carboxylic acids is 3. The van der Waals surface area contributed by atoms with Gasteiger partial charge in [-0.2, -0.15) is 0 Å². The number of primary amides is 1. The van der Waals surface area contributed by atoms with Crippen molar-refractivity contribution in [2.24, 2.45) is 5.73 Å². The lowest BCUT2D eigenvalue weighted by Crippen LogP contribution is -3.11. The van der Waals surface area contributed by atoms with Crippen LogP contribution in [0.4, 0.5) is 5.69 Å². The molecule has 0 radical (unpaired) electrons. The predicted octanol–water partition coefficient (Wildman–Crippen LogP) is -0.377. The van der Waals surface area contributed by atoms with Crippen molar-refractivity contribution in [1.82, 2.24) is 4.90 Å². The fraction of sp³-hybridized carbons (Fsp3) is 0.526. The zero-order valence-corrected chi connectivity index (χ0v) is 15.8. The van der Waals surface area contributed by atoms with Crippen LogP contribution in [0.3, 0.4) is 0 Å². The van der Waals surface area contributed by atoms with Crippen LogP contribution >= 0.6 is 0 Å². The molecule has 3 amide bonds. The smallest absolute Gasteiger partial charge is 0.279 e. The Morgan fingerprint density at radius 3 is 2.46 bits per heavy atom. The third-order valence-corrected chi connectivity index (χ3v) is 4.81. The summed E-state index contributed by atoms with van der Waals surface area (Å²) in [7, 11) is 1.80. The zero-order valence-electron chi connectivity index (χ0n) is 15.8. The molecular formula is C19H29N4O3+. The van der Waals surface area contributed by atoms with E-state index in [-0.39, 0.29) is 24.9 Å². The maximum absolute atomic E-state index is 12.5. The molecule has 7 heteroatoms. The number of likely N-dealkylation sites (tertiary alicyclic amines) is 1. The summed E-state index contributed by atoms with van der Waals surface area (Å²) in [6.07, 6.45) is 2.40. The number of hydrogen-bond acceptors (Lipinski definition) is 3. The second-order valence-corrected chi connectivity index (χ2v) is 7.13. The van der Waals surface area contributed by atoms with Gasteiger partial charge in [-0.3, -0.25) is 14.4 Å². The summed E-state index contributed by atoms with van der Waals surface area (Å²) in [6, 6.07) is 5.32. The van der Waals surface area contributed by atoms with Crippen LogP contribution in [0.25, 0.3) is 0 Å². The van der Waals surface area contributed by atoms with Crippen LogP contribution in [0.5, 0.6) is 0 Å². The van der Waals surface area contributed by atoms with Gasteiger partial charge in [-0.1, -0.05) is 18.2 Å². The van der Waals surface area contributed by atoms with Crippen LogP contribution in [0.1, 0.15) is 30.4 Å². The van der Waals surface area contributed by atoms with Crippen LogP contribution in [-0.4, -0.2) is 55.3 Å². The van der Waals surface area contributed by atoms with Gasteiger partial charge in [-0.15, -0.1) is 0 Å². The van der Waals surface area contributed by atoms with Gasteiger partial charge in [0.05, 0.1) is 7.05 Å². The minimum atomic E-state index is -0.521. The maximum Gasteiger partial charge on any atom is 0.279 e. The van der Waals surface area contributed by atoms with E-state index in [0.29, 0.717) is 13.0 Å². The molecule has 1 aromatic carbocycles. The van der Waals surface area contributed by atoms with E-state index in [4.69, 9.17) is 5.73 Å². The van der Waals surface area contributed by atoms with E-state index < -0.39 is 11.9 Å². The third-order valence-electron chi connectivity index (χ3n) is 4.81. The number of rotatable bonds is 6. The lowest BCUT2D eigenvalue weighted by atomic mass is 10.0. The number of nitrogens with zero attached hydrogens (tertiary/aromatic N) is 1. The molecule has 1 aliphatic rings. The van der Waals surface area contributed by atoms with Crippen molar-refractivity contribution in [1.29, 1.82) is 0 Å². The predicted molar refractivity (Wildman–Crippen MR) is 99.7 cm³/mol. The van der Waals surface area contributed by atoms with Crippen LogP contribution < -0.4 is 16.0 Å². The highest BCUT2D eigenvalue weighted by molar-refractivity contribution is 5.93. The first-order valence-corrected chi connectivity index (χ1v) is 9.05. The Morgan fingerprint density at radius 1 is 1.19 bits per heavy atom. The second-order valence-electron chi connectivity index (χ2n) is 7.13. The van der Waals surface area contributed by atoms with E-state index in [2.05, 4.69) is 5.32 Å². The molecule has 2 atom stereocenters. The van der Waals surface area contributed by atoms with E-state index >= 15 is 0 Å². The fourth-order valence-corrected chi connectivity index (χ4v) is 3.42. The maximum atomic E-state index is 12.5. The first-order chi connectivity index (χ1) is 12.3. The number of likely N-dealkylation sites (N-methyl/N-ethyl adjacent to an activating group) is 1. The van der Waals surface area contributed by atoms with Crippen molar-refractivity contribution in [3.05, 3.63) is 29.3 Å². The number of piperidine rings is 1. The number of carbonyl (C=O) groups is 3. The molecule has 0 aromatic heterocycles. The van der Waals surface area contributed by atoms with Gasteiger partial charge in [0.15, 0.2) is 13.1 Å². The van der Waals surface area contributed by atoms with Gasteiger partial charge in [-0.25, -0.2) is 0 Å². The monoisotopic (exact) mass is 361 g/mol. The Labute approximate surface area is 154 Å². The summed E-state index contributed by atoms with van der Waals surface area (Å²) in [5.74, 6) is -0.729. The number of nitrogens with two attached hydrogens (primary N) is 1. The molecule has 7 nitrogen and oxygen atoms in total. The van der Waals surface area contributed by atoms with Crippen LogP contribution in [0.2, 0.25) is 0 Å². The fourth-order valence-electron chi connectivity index (χ4n) is 3.42. The topological polar surface area (TPSA) is 96.9 Å². The number of aryl methyl sites for hydroxylation is 2. The second kappa shape index (κ2) is 8.80. The molecular weight excluding hydrogens is 332 g/mol. The Bertz CT molecular complexity index is 669. The van der Waals surface area contributed by atoms with Crippen molar-refractivity contribution in [2.75, 3.05) is 32.0 Å². The van der Waals surface area contributed by atoms with Gasteiger partial charge in [0, 0.05) is 12.2 Å². The molecule has 142 valence electrons. The highest BCUT2D eigenvalue weighted by Gasteiger charge is 2.32. The molecule has 1 fully saturated rings. The average Bonchev–Trinajstić information content (AvgIpc) is 2.58. The Morgan fingerprint density at radius 2 is 1.85 bits per heavy atom. The number of anilines is 1. The van der Waals surface area contributed by atoms with Gasteiger partial charge in [0.1, 0.15) is 6.04 Å². The van der Waals surface area contributed by atoms with E-state index in [1.807, 2.05) is 32.0 Å². The minimum Gasteiger partial charge on any atom is -0.368 e. The molecule has 0 aliphatic carbocycles. The van der Waals surface area contributed by atoms with Crippen molar-refractivity contribution in [3.63, 3.8) is 0 Å². The standard InChI is InChI=1S/C19H28N4O3/c1-13-7-6-8-14(2)18(13)21-16(24)11-22(3)12-17(25)23-10-5-4-9-15(23)19(20)26/h6-8,15H,4-5,9-12H2,1-3H3,(H2,20,26)(H,21,24)/p+1/t15-/m1/s1. The molecule has 0 saturated carbocycles. The summed E-state index contributed by atoms with van der Waals surface area (Å²) in [5, 5.41) is 2.93. The summed E-state index contributed by atoms with van der Waals surface area (Å²) >= 11 is 0. The molecule has 1 aliphatic heterocycles. The molecule has 26 heavy (non-hydrogen) atoms. The van der Waals surface area contributed by atoms with Gasteiger partial charge in [-0.05, 0) is 44.2 Å². The van der Waals surface area contributed by atoms with Gasteiger partial charge >= 0.3 is 0 Å². The van der Waals surface area contributed by atoms with Crippen LogP contribution in [0.15, 0.2) is 18.2 Å². The molecule has 1 aromatic rings. The normalized spacial score (nSPS) is 18.3. The van der Waals surface area contributed by atoms with Crippen molar-refractivity contribution in [3.8, 4) is 0 Å². The number of amides is 3. The van der Waals surface area contributed by atoms with E-state index in [1.165, 1.54) is 0 Å². The molecule has 4 N–H and O–H groups in total. The summed E-state index contributed by atoms with van der Waals surface area (Å²) in [5.41, 5.74) is 8.25. The van der Waals surface area contributed by atoms with Crippen LogP contribution in [0, 0.1) is 13.8 Å². The van der Waals surface area contributed by atoms with Crippen LogP contribution in [-0.2, 0) is 14.4 Å². The Balaban J connectivity index is 1.91. The SMILES string of the molecule is Cc1cccc(C)c1NC(=O)C[NH+](C)CC(=O)N1CCCC[C@@H]1C(N)=O. The lowest BCUT2D eigenvalue weighted by Gasteiger charge is -2.33. The first kappa shape index (κ1) is 19.9. The summed E-state index contributed by atoms with van der Waals surface area (Å²) in [6.45, 7) is 4.78. The summed E-state index contributed by atoms with van der Waals surface area (Å²) < 4.78 is 0.